The number of benzene rings is 1. The maximum absolute atomic E-state index is 12.9. The largest absolute Gasteiger partial charge is 0.378 e. The van der Waals surface area contributed by atoms with Crippen LogP contribution >= 0.6 is 11.8 Å². The molecule has 1 aromatic carbocycles. The molecule has 1 aliphatic rings. The number of halogens is 1. The fourth-order valence-electron chi connectivity index (χ4n) is 2.81. The predicted octanol–water partition coefficient (Wildman–Crippen LogP) is 2.61. The molecular formula is C18H25FN4O3S2. The number of hydrogen-bond donors (Lipinski definition) is 3. The fourth-order valence-corrected chi connectivity index (χ4v) is 4.39. The van der Waals surface area contributed by atoms with Crippen LogP contribution in [0.25, 0.3) is 0 Å². The number of amides is 1. The Bertz CT molecular complexity index is 846. The van der Waals surface area contributed by atoms with Gasteiger partial charge in [-0.05, 0) is 75.6 Å². The van der Waals surface area contributed by atoms with Crippen LogP contribution in [0.2, 0.25) is 0 Å². The zero-order chi connectivity index (χ0) is 20.9. The minimum atomic E-state index is -3.33. The average molecular weight is 429 g/mol. The van der Waals surface area contributed by atoms with Gasteiger partial charge in [0.25, 0.3) is 5.91 Å². The number of carbonyl (C=O) groups excluding carboxylic acids is 1. The molecule has 1 amide bonds. The first-order chi connectivity index (χ1) is 13.1. The summed E-state index contributed by atoms with van der Waals surface area (Å²) >= 11 is 0.839. The second-order valence-corrected chi connectivity index (χ2v) is 10.3. The molecule has 4 N–H and O–H groups in total. The minimum Gasteiger partial charge on any atom is -0.378 e. The van der Waals surface area contributed by atoms with Gasteiger partial charge in [-0.25, -0.2) is 17.5 Å². The van der Waals surface area contributed by atoms with E-state index in [1.54, 1.807) is 13.8 Å². The van der Waals surface area contributed by atoms with E-state index in [0.29, 0.717) is 31.2 Å². The Balaban J connectivity index is 1.87. The summed E-state index contributed by atoms with van der Waals surface area (Å²) < 4.78 is 39.5. The summed E-state index contributed by atoms with van der Waals surface area (Å²) in [6.07, 6.45) is 2.19. The van der Waals surface area contributed by atoms with E-state index >= 15 is 0 Å². The van der Waals surface area contributed by atoms with Crippen LogP contribution in [-0.4, -0.2) is 35.8 Å². The Morgan fingerprint density at radius 2 is 1.82 bits per heavy atom. The number of hydrogen-bond acceptors (Lipinski definition) is 5. The monoisotopic (exact) mass is 428 g/mol. The van der Waals surface area contributed by atoms with Crippen molar-refractivity contribution in [2.75, 3.05) is 0 Å². The van der Waals surface area contributed by atoms with Crippen molar-refractivity contribution < 1.29 is 17.6 Å². The molecule has 2 rings (SSSR count). The van der Waals surface area contributed by atoms with Crippen molar-refractivity contribution in [2.24, 2.45) is 16.6 Å². The Labute approximate surface area is 168 Å². The molecule has 10 heteroatoms. The average Bonchev–Trinajstić information content (AvgIpc) is 2.62. The van der Waals surface area contributed by atoms with Gasteiger partial charge >= 0.3 is 0 Å². The van der Waals surface area contributed by atoms with Gasteiger partial charge in [0.2, 0.25) is 10.0 Å². The molecule has 0 heterocycles. The van der Waals surface area contributed by atoms with Crippen LogP contribution in [0.3, 0.4) is 0 Å². The minimum absolute atomic E-state index is 0.0399. The standard InChI is InChI=1S/C18H25FN4O3S2/c1-11(2)28(25,26)23-15-9-5-13(6-10-15)17(24)22-18(21)27-16(20)12-3-7-14(19)8-4-12/h3-4,7-8,11,13,15,20,23H,5-6,9-10H2,1-2H3,(H2,21,22,24). The number of sulfonamides is 1. The third-order valence-corrected chi connectivity index (χ3v) is 7.20. The molecule has 28 heavy (non-hydrogen) atoms. The lowest BCUT2D eigenvalue weighted by Crippen LogP contribution is -2.41. The lowest BCUT2D eigenvalue weighted by Gasteiger charge is -2.27. The highest BCUT2D eigenvalue weighted by Crippen LogP contribution is 2.26. The maximum Gasteiger partial charge on any atom is 0.251 e. The quantitative estimate of drug-likeness (QED) is 0.491. The molecule has 7 nitrogen and oxygen atoms in total. The number of carbonyl (C=O) groups is 1. The highest BCUT2D eigenvalue weighted by molar-refractivity contribution is 8.26. The molecule has 0 radical (unpaired) electrons. The topological polar surface area (TPSA) is 125 Å². The number of aliphatic imine (C=N–C) groups is 1. The first kappa shape index (κ1) is 22.5. The van der Waals surface area contributed by atoms with Gasteiger partial charge in [0.15, 0.2) is 5.17 Å². The predicted molar refractivity (Wildman–Crippen MR) is 110 cm³/mol. The van der Waals surface area contributed by atoms with Crippen molar-refractivity contribution in [3.63, 3.8) is 0 Å². The number of nitrogens with two attached hydrogens (primary N) is 1. The van der Waals surface area contributed by atoms with E-state index in [4.69, 9.17) is 11.1 Å². The molecule has 1 saturated carbocycles. The van der Waals surface area contributed by atoms with Crippen molar-refractivity contribution in [3.8, 4) is 0 Å². The van der Waals surface area contributed by atoms with Crippen LogP contribution in [0, 0.1) is 17.1 Å². The van der Waals surface area contributed by atoms with E-state index in [1.165, 1.54) is 24.3 Å². The van der Waals surface area contributed by atoms with Gasteiger partial charge in [-0.2, -0.15) is 4.99 Å². The second-order valence-electron chi connectivity index (χ2n) is 6.99. The van der Waals surface area contributed by atoms with Gasteiger partial charge in [-0.1, -0.05) is 0 Å². The van der Waals surface area contributed by atoms with E-state index in [2.05, 4.69) is 9.71 Å². The fraction of sp³-hybridized carbons (Fsp3) is 0.500. The van der Waals surface area contributed by atoms with E-state index < -0.39 is 21.1 Å². The van der Waals surface area contributed by atoms with Crippen molar-refractivity contribution in [3.05, 3.63) is 35.6 Å². The van der Waals surface area contributed by atoms with Crippen molar-refractivity contribution >= 4 is 37.9 Å². The van der Waals surface area contributed by atoms with Crippen molar-refractivity contribution in [1.82, 2.24) is 4.72 Å². The van der Waals surface area contributed by atoms with Gasteiger partial charge in [0.1, 0.15) is 10.9 Å². The van der Waals surface area contributed by atoms with Crippen LogP contribution in [0.1, 0.15) is 45.1 Å². The lowest BCUT2D eigenvalue weighted by molar-refractivity contribution is -0.122. The molecule has 0 unspecified atom stereocenters. The highest BCUT2D eigenvalue weighted by Gasteiger charge is 2.29. The Hall–Kier alpha value is -1.78. The first-order valence-corrected chi connectivity index (χ1v) is 11.4. The summed E-state index contributed by atoms with van der Waals surface area (Å²) in [5, 5.41) is 7.50. The summed E-state index contributed by atoms with van der Waals surface area (Å²) in [4.78, 5) is 16.2. The third-order valence-electron chi connectivity index (χ3n) is 4.56. The van der Waals surface area contributed by atoms with Gasteiger partial charge in [0.05, 0.1) is 5.25 Å². The van der Waals surface area contributed by atoms with Gasteiger partial charge in [-0.15, -0.1) is 0 Å². The maximum atomic E-state index is 12.9. The van der Waals surface area contributed by atoms with E-state index in [9.17, 15) is 17.6 Å². The molecule has 0 aliphatic heterocycles. The molecule has 0 atom stereocenters. The molecule has 1 aliphatic carbocycles. The zero-order valence-corrected chi connectivity index (χ0v) is 17.4. The van der Waals surface area contributed by atoms with Gasteiger partial charge in [-0.3, -0.25) is 10.2 Å². The van der Waals surface area contributed by atoms with Gasteiger partial charge < -0.3 is 5.73 Å². The molecule has 0 saturated heterocycles. The number of nitrogens with zero attached hydrogens (tertiary/aromatic N) is 1. The SMILES string of the molecule is CC(C)S(=O)(=O)NC1CCC(C(=O)N=C(N)SC(=N)c2ccc(F)cc2)CC1. The number of amidine groups is 1. The van der Waals surface area contributed by atoms with E-state index in [1.807, 2.05) is 0 Å². The third kappa shape index (κ3) is 6.39. The van der Waals surface area contributed by atoms with Crippen molar-refractivity contribution in [1.29, 1.82) is 5.41 Å². The highest BCUT2D eigenvalue weighted by atomic mass is 32.2. The molecule has 0 bridgehead atoms. The van der Waals surface area contributed by atoms with Crippen molar-refractivity contribution in [2.45, 2.75) is 50.8 Å². The van der Waals surface area contributed by atoms with Crippen LogP contribution in [0.5, 0.6) is 0 Å². The van der Waals surface area contributed by atoms with Crippen LogP contribution in [-0.2, 0) is 14.8 Å². The summed E-state index contributed by atoms with van der Waals surface area (Å²) in [5.41, 5.74) is 6.26. The lowest BCUT2D eigenvalue weighted by atomic mass is 9.86. The van der Waals surface area contributed by atoms with Gasteiger partial charge in [0, 0.05) is 17.5 Å². The summed E-state index contributed by atoms with van der Waals surface area (Å²) in [5.74, 6) is -1.06. The molecule has 1 fully saturated rings. The molecular weight excluding hydrogens is 403 g/mol. The Morgan fingerprint density at radius 3 is 2.36 bits per heavy atom. The molecule has 1 aromatic rings. The molecule has 0 spiro atoms. The first-order valence-electron chi connectivity index (χ1n) is 9.00. The number of rotatable bonds is 5. The number of nitrogens with one attached hydrogen (secondary N) is 2. The summed E-state index contributed by atoms with van der Waals surface area (Å²) in [6.45, 7) is 3.24. The smallest absolute Gasteiger partial charge is 0.251 e. The second kappa shape index (κ2) is 9.62. The summed E-state index contributed by atoms with van der Waals surface area (Å²) in [6, 6.07) is 5.24. The summed E-state index contributed by atoms with van der Waals surface area (Å²) in [7, 11) is -3.33. The Morgan fingerprint density at radius 1 is 1.25 bits per heavy atom. The van der Waals surface area contributed by atoms with Crippen LogP contribution in [0.15, 0.2) is 29.3 Å². The number of thioether (sulfide) groups is 1. The zero-order valence-electron chi connectivity index (χ0n) is 15.8. The molecule has 0 aromatic heterocycles. The molecule has 154 valence electrons. The van der Waals surface area contributed by atoms with E-state index in [0.717, 1.165) is 11.8 Å². The Kier molecular flexibility index (Phi) is 7.73. The van der Waals surface area contributed by atoms with Crippen LogP contribution < -0.4 is 10.5 Å². The van der Waals surface area contributed by atoms with Crippen LogP contribution in [0.4, 0.5) is 4.39 Å². The van der Waals surface area contributed by atoms with E-state index in [-0.39, 0.29) is 28.1 Å². The normalized spacial score (nSPS) is 20.9.